The number of ketones is 1. The van der Waals surface area contributed by atoms with Crippen LogP contribution in [0.1, 0.15) is 66.2 Å². The van der Waals surface area contributed by atoms with Crippen molar-refractivity contribution in [3.8, 4) is 0 Å². The number of Topliss-reactive ketones (excluding diaryl/α,β-unsaturated/α-hetero) is 1. The Morgan fingerprint density at radius 3 is 2.55 bits per heavy atom. The van der Waals surface area contributed by atoms with E-state index in [1.807, 2.05) is 6.92 Å². The second kappa shape index (κ2) is 4.72. The third-order valence-corrected chi connectivity index (χ3v) is 7.82. The molecule has 1 N–H and O–H groups in total. The van der Waals surface area contributed by atoms with E-state index in [9.17, 15) is 9.90 Å². The zero-order valence-electron chi connectivity index (χ0n) is 14.5. The molecule has 0 aliphatic heterocycles. The van der Waals surface area contributed by atoms with Crippen LogP contribution >= 0.6 is 0 Å². The quantitative estimate of drug-likeness (QED) is 0.675. The summed E-state index contributed by atoms with van der Waals surface area (Å²) in [4.78, 5) is 12.3. The van der Waals surface area contributed by atoms with Gasteiger partial charge in [0.05, 0.1) is 0 Å². The average molecular weight is 302 g/mol. The standard InChI is InChI=1S/C20H30O2/c1-6-18(3)9-10-20(5)14(12-18)7-8-19(4)13(2)17(22)15(21)11-16(19)20/h6,14,16,22H,1,7-12H2,2-5H3. The first kappa shape index (κ1) is 15.8. The second-order valence-electron chi connectivity index (χ2n) is 8.87. The van der Waals surface area contributed by atoms with Crippen LogP contribution in [-0.2, 0) is 4.79 Å². The molecule has 0 aromatic rings. The first-order valence-corrected chi connectivity index (χ1v) is 8.73. The first-order valence-electron chi connectivity index (χ1n) is 8.73. The Kier molecular flexibility index (Phi) is 3.40. The average Bonchev–Trinajstić information content (AvgIpc) is 2.49. The number of allylic oxidation sites excluding steroid dienone is 3. The largest absolute Gasteiger partial charge is 0.504 e. The molecule has 122 valence electrons. The lowest BCUT2D eigenvalue weighted by Gasteiger charge is -2.61. The minimum atomic E-state index is -0.0427. The number of hydrogen-bond donors (Lipinski definition) is 1. The molecule has 5 atom stereocenters. The number of carbonyl (C=O) groups is 1. The van der Waals surface area contributed by atoms with E-state index in [2.05, 4.69) is 33.4 Å². The summed E-state index contributed by atoms with van der Waals surface area (Å²) in [6.07, 6.45) is 8.49. The van der Waals surface area contributed by atoms with Crippen LogP contribution in [0.2, 0.25) is 0 Å². The monoisotopic (exact) mass is 302 g/mol. The van der Waals surface area contributed by atoms with E-state index >= 15 is 0 Å². The third-order valence-electron chi connectivity index (χ3n) is 7.82. The summed E-state index contributed by atoms with van der Waals surface area (Å²) in [6, 6.07) is 0. The Bertz CT molecular complexity index is 560. The molecule has 5 unspecified atom stereocenters. The van der Waals surface area contributed by atoms with Gasteiger partial charge in [0, 0.05) is 6.42 Å². The van der Waals surface area contributed by atoms with Crippen molar-refractivity contribution in [1.82, 2.24) is 0 Å². The van der Waals surface area contributed by atoms with Gasteiger partial charge in [0.15, 0.2) is 11.5 Å². The molecule has 0 heterocycles. The molecule has 0 aromatic carbocycles. The van der Waals surface area contributed by atoms with Gasteiger partial charge in [-0.05, 0) is 72.7 Å². The Morgan fingerprint density at radius 1 is 1.23 bits per heavy atom. The van der Waals surface area contributed by atoms with Gasteiger partial charge < -0.3 is 5.11 Å². The summed E-state index contributed by atoms with van der Waals surface area (Å²) in [7, 11) is 0. The molecule has 2 fully saturated rings. The Labute approximate surface area is 134 Å². The molecule has 3 aliphatic rings. The van der Waals surface area contributed by atoms with Gasteiger partial charge >= 0.3 is 0 Å². The van der Waals surface area contributed by atoms with Crippen LogP contribution in [0.25, 0.3) is 0 Å². The van der Waals surface area contributed by atoms with Crippen molar-refractivity contribution < 1.29 is 9.90 Å². The fourth-order valence-corrected chi connectivity index (χ4v) is 5.78. The highest BCUT2D eigenvalue weighted by molar-refractivity contribution is 5.95. The lowest BCUT2D eigenvalue weighted by Crippen LogP contribution is -2.55. The van der Waals surface area contributed by atoms with Crippen LogP contribution < -0.4 is 0 Å². The minimum Gasteiger partial charge on any atom is -0.504 e. The summed E-state index contributed by atoms with van der Waals surface area (Å²) < 4.78 is 0. The molecule has 0 spiro atoms. The number of fused-ring (bicyclic) bond motifs is 3. The van der Waals surface area contributed by atoms with Crippen molar-refractivity contribution in [2.24, 2.45) is 28.1 Å². The van der Waals surface area contributed by atoms with Crippen molar-refractivity contribution in [3.05, 3.63) is 24.0 Å². The molecule has 2 nitrogen and oxygen atoms in total. The second-order valence-corrected chi connectivity index (χ2v) is 8.87. The summed E-state index contributed by atoms with van der Waals surface area (Å²) in [6.45, 7) is 13.0. The summed E-state index contributed by atoms with van der Waals surface area (Å²) in [5.74, 6) is 1.05. The van der Waals surface area contributed by atoms with E-state index < -0.39 is 0 Å². The molecule has 0 bridgehead atoms. The van der Waals surface area contributed by atoms with Crippen LogP contribution in [0.15, 0.2) is 24.0 Å². The molecule has 2 saturated carbocycles. The predicted octanol–water partition coefficient (Wildman–Crippen LogP) is 5.21. The highest BCUT2D eigenvalue weighted by Crippen LogP contribution is 2.66. The molecule has 3 aliphatic carbocycles. The van der Waals surface area contributed by atoms with Gasteiger partial charge in [-0.1, -0.05) is 26.8 Å². The Morgan fingerprint density at radius 2 is 1.91 bits per heavy atom. The van der Waals surface area contributed by atoms with Crippen LogP contribution in [0, 0.1) is 28.1 Å². The molecule has 2 heteroatoms. The van der Waals surface area contributed by atoms with Gasteiger partial charge in [0.2, 0.25) is 0 Å². The zero-order valence-corrected chi connectivity index (χ0v) is 14.5. The molecular weight excluding hydrogens is 272 g/mol. The Balaban J connectivity index is 2.00. The topological polar surface area (TPSA) is 37.3 Å². The number of aliphatic hydroxyl groups is 1. The molecule has 0 amide bonds. The van der Waals surface area contributed by atoms with Gasteiger partial charge in [0.1, 0.15) is 0 Å². The molecule has 3 rings (SSSR count). The zero-order chi connectivity index (χ0) is 16.3. The smallest absolute Gasteiger partial charge is 0.197 e. The fraction of sp³-hybridized carbons (Fsp3) is 0.750. The fourth-order valence-electron chi connectivity index (χ4n) is 5.78. The summed E-state index contributed by atoms with van der Waals surface area (Å²) >= 11 is 0. The van der Waals surface area contributed by atoms with E-state index in [0.29, 0.717) is 18.3 Å². The maximum Gasteiger partial charge on any atom is 0.197 e. The van der Waals surface area contributed by atoms with E-state index in [1.54, 1.807) is 0 Å². The first-order chi connectivity index (χ1) is 10.2. The highest BCUT2D eigenvalue weighted by atomic mass is 16.3. The number of carbonyl (C=O) groups excluding carboxylic acids is 1. The van der Waals surface area contributed by atoms with Crippen molar-refractivity contribution in [2.75, 3.05) is 0 Å². The van der Waals surface area contributed by atoms with Crippen LogP contribution in [0.3, 0.4) is 0 Å². The van der Waals surface area contributed by atoms with Crippen molar-refractivity contribution in [1.29, 1.82) is 0 Å². The van der Waals surface area contributed by atoms with Gasteiger partial charge in [-0.15, -0.1) is 6.58 Å². The Hall–Kier alpha value is -1.05. The minimum absolute atomic E-state index is 0.00877. The van der Waals surface area contributed by atoms with Gasteiger partial charge in [-0.25, -0.2) is 0 Å². The summed E-state index contributed by atoms with van der Waals surface area (Å²) in [5.41, 5.74) is 1.40. The van der Waals surface area contributed by atoms with Gasteiger partial charge in [-0.2, -0.15) is 0 Å². The lowest BCUT2D eigenvalue weighted by molar-refractivity contribution is -0.134. The third kappa shape index (κ3) is 1.95. The molecule has 0 saturated heterocycles. The van der Waals surface area contributed by atoms with Gasteiger partial charge in [0.25, 0.3) is 0 Å². The summed E-state index contributed by atoms with van der Waals surface area (Å²) in [5, 5.41) is 10.2. The highest BCUT2D eigenvalue weighted by Gasteiger charge is 2.59. The van der Waals surface area contributed by atoms with E-state index in [0.717, 1.165) is 12.0 Å². The van der Waals surface area contributed by atoms with E-state index in [1.165, 1.54) is 25.7 Å². The maximum atomic E-state index is 12.3. The van der Waals surface area contributed by atoms with Crippen LogP contribution in [-0.4, -0.2) is 10.9 Å². The molecule has 0 aromatic heterocycles. The van der Waals surface area contributed by atoms with Crippen LogP contribution in [0.4, 0.5) is 0 Å². The predicted molar refractivity (Wildman–Crippen MR) is 89.5 cm³/mol. The van der Waals surface area contributed by atoms with Crippen molar-refractivity contribution >= 4 is 5.78 Å². The van der Waals surface area contributed by atoms with Crippen LogP contribution in [0.5, 0.6) is 0 Å². The molecule has 0 radical (unpaired) electrons. The SMILES string of the molecule is C=CC1(C)CCC2(C)C(CCC3(C)C(C)=C(O)C(=O)CC32)C1. The van der Waals surface area contributed by atoms with Crippen molar-refractivity contribution in [3.63, 3.8) is 0 Å². The number of rotatable bonds is 1. The van der Waals surface area contributed by atoms with Gasteiger partial charge in [-0.3, -0.25) is 4.79 Å². The molecular formula is C20H30O2. The van der Waals surface area contributed by atoms with Crippen molar-refractivity contribution in [2.45, 2.75) is 66.2 Å². The number of hydrogen-bond acceptors (Lipinski definition) is 2. The molecule has 22 heavy (non-hydrogen) atoms. The van der Waals surface area contributed by atoms with E-state index in [-0.39, 0.29) is 27.8 Å². The number of aliphatic hydroxyl groups excluding tert-OH is 1. The lowest BCUT2D eigenvalue weighted by atomic mass is 9.42. The maximum absolute atomic E-state index is 12.3. The normalized spacial score (nSPS) is 48.6. The van der Waals surface area contributed by atoms with E-state index in [4.69, 9.17) is 0 Å².